The van der Waals surface area contributed by atoms with Crippen LogP contribution in [-0.2, 0) is 4.79 Å². The predicted octanol–water partition coefficient (Wildman–Crippen LogP) is 3.07. The summed E-state index contributed by atoms with van der Waals surface area (Å²) < 4.78 is 2.15. The van der Waals surface area contributed by atoms with Crippen LogP contribution in [0, 0.1) is 0 Å². The van der Waals surface area contributed by atoms with Crippen LogP contribution < -0.4 is 16.2 Å². The topological polar surface area (TPSA) is 66.0 Å². The summed E-state index contributed by atoms with van der Waals surface area (Å²) in [7, 11) is 0. The Balaban J connectivity index is 1.69. The Morgan fingerprint density at radius 3 is 2.74 bits per heavy atom. The van der Waals surface area contributed by atoms with Crippen LogP contribution in [0.3, 0.4) is 0 Å². The zero-order valence-corrected chi connectivity index (χ0v) is 15.8. The van der Waals surface area contributed by atoms with Crippen molar-refractivity contribution in [2.75, 3.05) is 5.75 Å². The molecule has 2 aromatic rings. The molecule has 0 fully saturated rings. The van der Waals surface area contributed by atoms with E-state index in [1.807, 2.05) is 39.0 Å². The zero-order valence-electron chi connectivity index (χ0n) is 13.3. The molecule has 0 atom stereocenters. The third-order valence-corrected chi connectivity index (χ3v) is 5.02. The summed E-state index contributed by atoms with van der Waals surface area (Å²) in [6.45, 7) is 5.99. The number of hydrazine groups is 1. The molecule has 0 unspecified atom stereocenters. The van der Waals surface area contributed by atoms with Crippen molar-refractivity contribution >= 4 is 56.6 Å². The first-order valence-corrected chi connectivity index (χ1v) is 9.40. The molecule has 0 saturated heterocycles. The molecule has 3 N–H and O–H groups in total. The van der Waals surface area contributed by atoms with Crippen molar-refractivity contribution in [3.63, 3.8) is 0 Å². The number of amides is 1. The van der Waals surface area contributed by atoms with Gasteiger partial charge in [0.05, 0.1) is 10.2 Å². The Morgan fingerprint density at radius 2 is 2.04 bits per heavy atom. The molecular weight excluding hydrogens is 348 g/mol. The monoisotopic (exact) mass is 368 g/mol. The summed E-state index contributed by atoms with van der Waals surface area (Å²) in [6, 6.07) is 8.03. The van der Waals surface area contributed by atoms with E-state index in [9.17, 15) is 4.79 Å². The summed E-state index contributed by atoms with van der Waals surface area (Å²) in [5, 5.41) is 3.47. The van der Waals surface area contributed by atoms with Gasteiger partial charge in [-0.3, -0.25) is 15.6 Å². The Labute approximate surface area is 149 Å². The number of rotatable bonds is 4. The second-order valence-electron chi connectivity index (χ2n) is 5.92. The van der Waals surface area contributed by atoms with Gasteiger partial charge in [-0.25, -0.2) is 4.98 Å². The highest BCUT2D eigenvalue weighted by atomic mass is 32.2. The van der Waals surface area contributed by atoms with Crippen molar-refractivity contribution in [3.05, 3.63) is 24.3 Å². The van der Waals surface area contributed by atoms with Gasteiger partial charge in [0, 0.05) is 17.7 Å². The van der Waals surface area contributed by atoms with E-state index in [2.05, 4.69) is 27.2 Å². The minimum atomic E-state index is -0.141. The number of hydrogen-bond acceptors (Lipinski definition) is 5. The fraction of sp³-hybridized carbons (Fsp3) is 0.400. The Kier molecular flexibility index (Phi) is 6.20. The lowest BCUT2D eigenvalue weighted by Crippen LogP contribution is -2.52. The van der Waals surface area contributed by atoms with Gasteiger partial charge in [0.2, 0.25) is 5.91 Å². The third kappa shape index (κ3) is 6.32. The molecule has 1 amide bonds. The number of hydrogen-bond donors (Lipinski definition) is 3. The van der Waals surface area contributed by atoms with Crippen LogP contribution >= 0.6 is 35.3 Å². The maximum Gasteiger partial charge on any atom is 0.239 e. The number of nitrogens with one attached hydrogen (secondary N) is 3. The molecule has 23 heavy (non-hydrogen) atoms. The first kappa shape index (κ1) is 18.0. The van der Waals surface area contributed by atoms with Crippen LogP contribution in [0.25, 0.3) is 10.2 Å². The lowest BCUT2D eigenvalue weighted by Gasteiger charge is -2.23. The van der Waals surface area contributed by atoms with E-state index in [1.165, 1.54) is 4.70 Å². The van der Waals surface area contributed by atoms with Crippen LogP contribution in [0.2, 0.25) is 0 Å². The summed E-state index contributed by atoms with van der Waals surface area (Å²) in [5.74, 6) is 0.573. The minimum Gasteiger partial charge on any atom is -0.357 e. The van der Waals surface area contributed by atoms with Crippen LogP contribution in [-0.4, -0.2) is 27.3 Å². The third-order valence-electron chi connectivity index (χ3n) is 2.63. The first-order chi connectivity index (χ1) is 10.8. The van der Waals surface area contributed by atoms with Gasteiger partial charge in [-0.15, -0.1) is 11.3 Å². The number of carbonyl (C=O) groups excluding carboxylic acids is 1. The SMILES string of the molecule is CC(C)(C)NC(=S)NNC(=O)CCSc1nc2ccccc2s1. The fourth-order valence-corrected chi connectivity index (χ4v) is 4.14. The van der Waals surface area contributed by atoms with Crippen LogP contribution in [0.4, 0.5) is 0 Å². The normalized spacial score (nSPS) is 11.3. The molecule has 2 rings (SSSR count). The molecular formula is C15H20N4OS3. The van der Waals surface area contributed by atoms with Crippen molar-refractivity contribution in [3.8, 4) is 0 Å². The highest BCUT2D eigenvalue weighted by molar-refractivity contribution is 8.01. The maximum atomic E-state index is 11.8. The maximum absolute atomic E-state index is 11.8. The highest BCUT2D eigenvalue weighted by Gasteiger charge is 2.11. The zero-order chi connectivity index (χ0) is 16.9. The number of carbonyl (C=O) groups is 1. The Hall–Kier alpha value is -1.38. The van der Waals surface area contributed by atoms with E-state index in [-0.39, 0.29) is 11.4 Å². The molecule has 0 saturated carbocycles. The standard InChI is InChI=1S/C15H20N4OS3/c1-15(2,3)17-13(21)19-18-12(20)8-9-22-14-16-10-6-4-5-7-11(10)23-14/h4-7H,8-9H2,1-3H3,(H,18,20)(H2,17,19,21). The molecule has 0 spiro atoms. The molecule has 0 aliphatic carbocycles. The Bertz CT molecular complexity index is 660. The van der Waals surface area contributed by atoms with Crippen molar-refractivity contribution in [1.29, 1.82) is 0 Å². The summed E-state index contributed by atoms with van der Waals surface area (Å²) in [6.07, 6.45) is 0.395. The van der Waals surface area contributed by atoms with Gasteiger partial charge in [0.25, 0.3) is 0 Å². The second-order valence-corrected chi connectivity index (χ2v) is 8.70. The van der Waals surface area contributed by atoms with Gasteiger partial charge >= 0.3 is 0 Å². The average Bonchev–Trinajstić information content (AvgIpc) is 2.86. The number of nitrogens with zero attached hydrogens (tertiary/aromatic N) is 1. The van der Waals surface area contributed by atoms with E-state index < -0.39 is 0 Å². The minimum absolute atomic E-state index is 0.100. The Morgan fingerprint density at radius 1 is 1.30 bits per heavy atom. The highest BCUT2D eigenvalue weighted by Crippen LogP contribution is 2.29. The second kappa shape index (κ2) is 7.94. The molecule has 1 aromatic carbocycles. The fourth-order valence-electron chi connectivity index (χ4n) is 1.70. The molecule has 1 aromatic heterocycles. The van der Waals surface area contributed by atoms with E-state index in [4.69, 9.17) is 12.2 Å². The lowest BCUT2D eigenvalue weighted by atomic mass is 10.1. The first-order valence-electron chi connectivity index (χ1n) is 7.19. The van der Waals surface area contributed by atoms with Gasteiger partial charge < -0.3 is 5.32 Å². The number of thiazole rings is 1. The van der Waals surface area contributed by atoms with Gasteiger partial charge in [0.1, 0.15) is 0 Å². The molecule has 0 bridgehead atoms. The van der Waals surface area contributed by atoms with E-state index in [0.717, 1.165) is 9.86 Å². The molecule has 0 radical (unpaired) electrons. The average molecular weight is 369 g/mol. The van der Waals surface area contributed by atoms with Crippen molar-refractivity contribution in [2.45, 2.75) is 37.1 Å². The van der Waals surface area contributed by atoms with Gasteiger partial charge in [-0.2, -0.15) is 0 Å². The van der Waals surface area contributed by atoms with Crippen molar-refractivity contribution < 1.29 is 4.79 Å². The molecule has 124 valence electrons. The van der Waals surface area contributed by atoms with Gasteiger partial charge in [0.15, 0.2) is 9.45 Å². The quantitative estimate of drug-likeness (QED) is 0.438. The smallest absolute Gasteiger partial charge is 0.239 e. The van der Waals surface area contributed by atoms with Gasteiger partial charge in [-0.05, 0) is 45.1 Å². The van der Waals surface area contributed by atoms with Crippen LogP contribution in [0.1, 0.15) is 27.2 Å². The number of fused-ring (bicyclic) bond motifs is 1. The molecule has 8 heteroatoms. The molecule has 1 heterocycles. The number of thiocarbonyl (C=S) groups is 1. The summed E-state index contributed by atoms with van der Waals surface area (Å²) in [5.41, 5.74) is 6.17. The van der Waals surface area contributed by atoms with Gasteiger partial charge in [-0.1, -0.05) is 23.9 Å². The molecule has 0 aliphatic rings. The number of aromatic nitrogens is 1. The predicted molar refractivity (Wildman–Crippen MR) is 102 cm³/mol. The molecule has 5 nitrogen and oxygen atoms in total. The van der Waals surface area contributed by atoms with E-state index in [0.29, 0.717) is 17.3 Å². The van der Waals surface area contributed by atoms with Crippen LogP contribution in [0.5, 0.6) is 0 Å². The van der Waals surface area contributed by atoms with Crippen molar-refractivity contribution in [2.24, 2.45) is 0 Å². The molecule has 0 aliphatic heterocycles. The lowest BCUT2D eigenvalue weighted by molar-refractivity contribution is -0.121. The van der Waals surface area contributed by atoms with Crippen LogP contribution in [0.15, 0.2) is 28.6 Å². The summed E-state index contributed by atoms with van der Waals surface area (Å²) in [4.78, 5) is 16.3. The largest absolute Gasteiger partial charge is 0.357 e. The number of thioether (sulfide) groups is 1. The number of para-hydroxylation sites is 1. The summed E-state index contributed by atoms with van der Waals surface area (Å²) >= 11 is 8.33. The van der Waals surface area contributed by atoms with E-state index >= 15 is 0 Å². The number of benzene rings is 1. The van der Waals surface area contributed by atoms with Crippen molar-refractivity contribution in [1.82, 2.24) is 21.2 Å². The van der Waals surface area contributed by atoms with E-state index in [1.54, 1.807) is 23.1 Å².